The summed E-state index contributed by atoms with van der Waals surface area (Å²) in [6.07, 6.45) is 2.20. The summed E-state index contributed by atoms with van der Waals surface area (Å²) in [5.74, 6) is 0.0232. The predicted octanol–water partition coefficient (Wildman–Crippen LogP) is 5.06. The molecule has 1 fully saturated rings. The molecule has 0 aliphatic heterocycles. The lowest BCUT2D eigenvalue weighted by molar-refractivity contribution is 0.102. The Morgan fingerprint density at radius 2 is 1.65 bits per heavy atom. The second-order valence-electron chi connectivity index (χ2n) is 8.03. The zero-order chi connectivity index (χ0) is 23.5. The highest BCUT2D eigenvalue weighted by Gasteiger charge is 2.28. The molecule has 5 rings (SSSR count). The molecule has 1 saturated carbocycles. The summed E-state index contributed by atoms with van der Waals surface area (Å²) in [7, 11) is -3.95. The lowest BCUT2D eigenvalue weighted by Crippen LogP contribution is -2.30. The fraction of sp³-hybridized carbons (Fsp3) is 0.160. The molecule has 0 bridgehead atoms. The van der Waals surface area contributed by atoms with Crippen molar-refractivity contribution in [1.29, 1.82) is 0 Å². The first-order valence-corrected chi connectivity index (χ1v) is 13.1. The number of rotatable bonds is 8. The summed E-state index contributed by atoms with van der Waals surface area (Å²) in [6, 6.07) is 24.4. The van der Waals surface area contributed by atoms with Crippen LogP contribution in [-0.4, -0.2) is 24.5 Å². The number of anilines is 2. The van der Waals surface area contributed by atoms with Crippen LogP contribution in [0.25, 0.3) is 0 Å². The van der Waals surface area contributed by atoms with Crippen LogP contribution in [0.5, 0.6) is 0 Å². The van der Waals surface area contributed by atoms with Gasteiger partial charge < -0.3 is 0 Å². The van der Waals surface area contributed by atoms with E-state index in [0.29, 0.717) is 16.7 Å². The Labute approximate surface area is 202 Å². The molecule has 1 heterocycles. The second kappa shape index (κ2) is 9.36. The monoisotopic (exact) mass is 490 g/mol. The van der Waals surface area contributed by atoms with Crippen molar-refractivity contribution in [2.75, 3.05) is 9.62 Å². The largest absolute Gasteiger partial charge is 0.296 e. The highest BCUT2D eigenvalue weighted by Crippen LogP contribution is 2.42. The minimum atomic E-state index is -3.95. The Morgan fingerprint density at radius 3 is 2.35 bits per heavy atom. The van der Waals surface area contributed by atoms with E-state index in [-0.39, 0.29) is 17.0 Å². The first-order valence-electron chi connectivity index (χ1n) is 10.9. The topological polar surface area (TPSA) is 92.3 Å². The zero-order valence-electron chi connectivity index (χ0n) is 18.2. The molecule has 0 spiro atoms. The first-order chi connectivity index (χ1) is 16.5. The van der Waals surface area contributed by atoms with Crippen molar-refractivity contribution in [3.8, 4) is 0 Å². The molecule has 7 nitrogen and oxygen atoms in total. The van der Waals surface area contributed by atoms with Crippen molar-refractivity contribution >= 4 is 38.1 Å². The lowest BCUT2D eigenvalue weighted by atomic mass is 10.2. The Kier molecular flexibility index (Phi) is 6.12. The van der Waals surface area contributed by atoms with Gasteiger partial charge in [-0.05, 0) is 48.7 Å². The molecule has 0 unspecified atom stereocenters. The maximum Gasteiger partial charge on any atom is 0.264 e. The quantitative estimate of drug-likeness (QED) is 0.373. The number of para-hydroxylation sites is 1. The Bertz CT molecular complexity index is 1400. The summed E-state index contributed by atoms with van der Waals surface area (Å²) >= 11 is 1.36. The molecule has 1 amide bonds. The van der Waals surface area contributed by atoms with Crippen LogP contribution < -0.4 is 9.62 Å². The van der Waals surface area contributed by atoms with Crippen molar-refractivity contribution in [2.45, 2.75) is 30.2 Å². The molecule has 1 aliphatic carbocycles. The standard InChI is InChI=1S/C25H22N4O3S2/c30-23(26-25-28-27-24(33-25)19-14-15-19)20-10-7-13-22(16-20)34(31,32)29(21-11-5-2-6-12-21)17-18-8-3-1-4-9-18/h1-13,16,19H,14-15,17H2,(H,26,28,30). The molecule has 172 valence electrons. The smallest absolute Gasteiger partial charge is 0.264 e. The third-order valence-corrected chi connectivity index (χ3v) is 8.26. The van der Waals surface area contributed by atoms with Gasteiger partial charge in [0.1, 0.15) is 5.01 Å². The molecule has 0 saturated heterocycles. The number of carbonyl (C=O) groups is 1. The van der Waals surface area contributed by atoms with Gasteiger partial charge in [0.2, 0.25) is 5.13 Å². The van der Waals surface area contributed by atoms with E-state index in [1.165, 1.54) is 27.8 Å². The van der Waals surface area contributed by atoms with E-state index in [1.807, 2.05) is 36.4 Å². The van der Waals surface area contributed by atoms with E-state index in [0.717, 1.165) is 23.4 Å². The van der Waals surface area contributed by atoms with E-state index in [4.69, 9.17) is 0 Å². The van der Waals surface area contributed by atoms with Crippen molar-refractivity contribution in [1.82, 2.24) is 10.2 Å². The molecule has 1 N–H and O–H groups in total. The SMILES string of the molecule is O=C(Nc1nnc(C2CC2)s1)c1cccc(S(=O)(=O)N(Cc2ccccc2)c2ccccc2)c1. The summed E-state index contributed by atoms with van der Waals surface area (Å²) in [6.45, 7) is 0.165. The minimum absolute atomic E-state index is 0.0378. The maximum atomic E-state index is 13.7. The predicted molar refractivity (Wildman–Crippen MR) is 133 cm³/mol. The fourth-order valence-electron chi connectivity index (χ4n) is 3.53. The van der Waals surface area contributed by atoms with E-state index in [2.05, 4.69) is 15.5 Å². The van der Waals surface area contributed by atoms with E-state index < -0.39 is 15.9 Å². The molecule has 34 heavy (non-hydrogen) atoms. The summed E-state index contributed by atoms with van der Waals surface area (Å²) in [4.78, 5) is 12.9. The Morgan fingerprint density at radius 1 is 0.941 bits per heavy atom. The van der Waals surface area contributed by atoms with Gasteiger partial charge in [0.15, 0.2) is 0 Å². The number of aromatic nitrogens is 2. The number of hydrogen-bond donors (Lipinski definition) is 1. The van der Waals surface area contributed by atoms with Crippen molar-refractivity contribution < 1.29 is 13.2 Å². The third-order valence-electron chi connectivity index (χ3n) is 5.49. The molecule has 4 aromatic rings. The molecule has 1 aromatic heterocycles. The van der Waals surface area contributed by atoms with E-state index in [9.17, 15) is 13.2 Å². The Hall–Kier alpha value is -3.56. The highest BCUT2D eigenvalue weighted by molar-refractivity contribution is 7.92. The van der Waals surface area contributed by atoms with Crippen LogP contribution in [0.1, 0.15) is 39.7 Å². The molecular weight excluding hydrogens is 468 g/mol. The average molecular weight is 491 g/mol. The number of amides is 1. The maximum absolute atomic E-state index is 13.7. The molecule has 9 heteroatoms. The Balaban J connectivity index is 1.43. The van der Waals surface area contributed by atoms with Gasteiger partial charge in [0, 0.05) is 11.5 Å². The van der Waals surface area contributed by atoms with Gasteiger partial charge in [-0.1, -0.05) is 65.9 Å². The molecule has 3 aromatic carbocycles. The van der Waals surface area contributed by atoms with Gasteiger partial charge in [-0.15, -0.1) is 10.2 Å². The van der Waals surface area contributed by atoms with Gasteiger partial charge in [-0.3, -0.25) is 14.4 Å². The number of sulfonamides is 1. The number of benzene rings is 3. The van der Waals surface area contributed by atoms with Crippen molar-refractivity contribution in [2.24, 2.45) is 0 Å². The van der Waals surface area contributed by atoms with Crippen LogP contribution in [0.4, 0.5) is 10.8 Å². The van der Waals surface area contributed by atoms with E-state index in [1.54, 1.807) is 36.4 Å². The van der Waals surface area contributed by atoms with Crippen LogP contribution in [0.2, 0.25) is 0 Å². The number of hydrogen-bond acceptors (Lipinski definition) is 6. The van der Waals surface area contributed by atoms with Crippen LogP contribution >= 0.6 is 11.3 Å². The van der Waals surface area contributed by atoms with Gasteiger partial charge in [0.05, 0.1) is 17.1 Å². The van der Waals surface area contributed by atoms with Gasteiger partial charge in [-0.25, -0.2) is 8.42 Å². The number of nitrogens with zero attached hydrogens (tertiary/aromatic N) is 3. The van der Waals surface area contributed by atoms with Gasteiger partial charge in [-0.2, -0.15) is 0 Å². The second-order valence-corrected chi connectivity index (χ2v) is 10.9. The van der Waals surface area contributed by atoms with Crippen LogP contribution in [0, 0.1) is 0 Å². The summed E-state index contributed by atoms with van der Waals surface area (Å²) in [5, 5.41) is 12.2. The molecule has 0 radical (unpaired) electrons. The fourth-order valence-corrected chi connectivity index (χ4v) is 5.94. The minimum Gasteiger partial charge on any atom is -0.296 e. The normalized spacial score (nSPS) is 13.4. The summed E-state index contributed by atoms with van der Waals surface area (Å²) < 4.78 is 28.8. The highest BCUT2D eigenvalue weighted by atomic mass is 32.2. The average Bonchev–Trinajstić information content (AvgIpc) is 3.62. The van der Waals surface area contributed by atoms with Crippen LogP contribution in [0.15, 0.2) is 89.8 Å². The number of carbonyl (C=O) groups excluding carboxylic acids is 1. The molecular formula is C25H22N4O3S2. The number of nitrogens with one attached hydrogen (secondary N) is 1. The molecule has 0 atom stereocenters. The van der Waals surface area contributed by atoms with Crippen LogP contribution in [0.3, 0.4) is 0 Å². The van der Waals surface area contributed by atoms with Crippen molar-refractivity contribution in [3.05, 3.63) is 101 Å². The lowest BCUT2D eigenvalue weighted by Gasteiger charge is -2.25. The van der Waals surface area contributed by atoms with Gasteiger partial charge in [0.25, 0.3) is 15.9 Å². The zero-order valence-corrected chi connectivity index (χ0v) is 19.8. The van der Waals surface area contributed by atoms with E-state index >= 15 is 0 Å². The van der Waals surface area contributed by atoms with Gasteiger partial charge >= 0.3 is 0 Å². The molecule has 1 aliphatic rings. The third kappa shape index (κ3) is 4.85. The first kappa shape index (κ1) is 22.2. The van der Waals surface area contributed by atoms with Crippen molar-refractivity contribution in [3.63, 3.8) is 0 Å². The summed E-state index contributed by atoms with van der Waals surface area (Å²) in [5.41, 5.74) is 1.63. The van der Waals surface area contributed by atoms with Crippen LogP contribution in [-0.2, 0) is 16.6 Å².